The van der Waals surface area contributed by atoms with Gasteiger partial charge < -0.3 is 9.73 Å². The van der Waals surface area contributed by atoms with Crippen LogP contribution in [0.4, 0.5) is 0 Å². The van der Waals surface area contributed by atoms with E-state index in [0.717, 1.165) is 11.4 Å². The van der Waals surface area contributed by atoms with Crippen LogP contribution in [0.1, 0.15) is 22.5 Å². The number of aryl methyl sites for hydroxylation is 1. The highest BCUT2D eigenvalue weighted by molar-refractivity contribution is 7.91. The molecule has 1 fully saturated rings. The molecule has 28 heavy (non-hydrogen) atoms. The van der Waals surface area contributed by atoms with Crippen LogP contribution in [0.25, 0.3) is 17.1 Å². The molecule has 1 saturated heterocycles. The van der Waals surface area contributed by atoms with Gasteiger partial charge >= 0.3 is 0 Å². The third-order valence-corrected chi connectivity index (χ3v) is 6.67. The molecule has 146 valence electrons. The molecule has 1 amide bonds. The zero-order valence-electron chi connectivity index (χ0n) is 15.5. The highest BCUT2D eigenvalue weighted by atomic mass is 32.2. The number of nitrogens with zero attached hydrogens (tertiary/aromatic N) is 2. The van der Waals surface area contributed by atoms with Gasteiger partial charge in [0.2, 0.25) is 0 Å². The smallest absolute Gasteiger partial charge is 0.255 e. The lowest BCUT2D eigenvalue weighted by molar-refractivity contribution is 0.0949. The average molecular weight is 399 g/mol. The van der Waals surface area contributed by atoms with Crippen molar-refractivity contribution in [3.63, 3.8) is 0 Å². The van der Waals surface area contributed by atoms with E-state index in [1.807, 2.05) is 43.3 Å². The predicted molar refractivity (Wildman–Crippen MR) is 105 cm³/mol. The average Bonchev–Trinajstić information content (AvgIpc) is 3.38. The Morgan fingerprint density at radius 2 is 2.04 bits per heavy atom. The van der Waals surface area contributed by atoms with Crippen molar-refractivity contribution in [2.45, 2.75) is 13.3 Å². The summed E-state index contributed by atoms with van der Waals surface area (Å²) in [5, 5.41) is 7.42. The number of sulfone groups is 1. The van der Waals surface area contributed by atoms with Crippen LogP contribution < -0.4 is 5.32 Å². The van der Waals surface area contributed by atoms with Crippen LogP contribution in [0.2, 0.25) is 0 Å². The van der Waals surface area contributed by atoms with Gasteiger partial charge in [-0.1, -0.05) is 18.2 Å². The van der Waals surface area contributed by atoms with Crippen molar-refractivity contribution in [1.82, 2.24) is 15.1 Å². The number of amides is 1. The first-order valence-corrected chi connectivity index (χ1v) is 10.9. The summed E-state index contributed by atoms with van der Waals surface area (Å²) in [5.74, 6) is 1.22. The molecule has 2 aromatic heterocycles. The van der Waals surface area contributed by atoms with Crippen LogP contribution in [-0.4, -0.2) is 42.2 Å². The number of carbonyl (C=O) groups is 1. The quantitative estimate of drug-likeness (QED) is 0.712. The topological polar surface area (TPSA) is 94.2 Å². The van der Waals surface area contributed by atoms with Crippen LogP contribution >= 0.6 is 0 Å². The maximum absolute atomic E-state index is 12.9. The molecule has 0 radical (unpaired) electrons. The number of para-hydroxylation sites is 1. The molecule has 8 heteroatoms. The van der Waals surface area contributed by atoms with Gasteiger partial charge in [-0.2, -0.15) is 5.10 Å². The lowest BCUT2D eigenvalue weighted by Gasteiger charge is -2.09. The zero-order valence-corrected chi connectivity index (χ0v) is 16.3. The van der Waals surface area contributed by atoms with Crippen molar-refractivity contribution in [2.75, 3.05) is 18.1 Å². The van der Waals surface area contributed by atoms with E-state index in [0.29, 0.717) is 30.0 Å². The van der Waals surface area contributed by atoms with E-state index in [4.69, 9.17) is 4.42 Å². The normalized spacial score (nSPS) is 18.2. The van der Waals surface area contributed by atoms with Crippen molar-refractivity contribution in [3.05, 3.63) is 60.0 Å². The maximum atomic E-state index is 12.9. The summed E-state index contributed by atoms with van der Waals surface area (Å²) in [6.45, 7) is 2.16. The predicted octanol–water partition coefficient (Wildman–Crippen LogP) is 2.61. The molecule has 3 heterocycles. The monoisotopic (exact) mass is 399 g/mol. The number of rotatable bonds is 5. The molecule has 3 aromatic rings. The van der Waals surface area contributed by atoms with Gasteiger partial charge in [-0.15, -0.1) is 0 Å². The van der Waals surface area contributed by atoms with E-state index in [1.54, 1.807) is 16.9 Å². The van der Waals surface area contributed by atoms with Gasteiger partial charge in [0.15, 0.2) is 15.6 Å². The largest absolute Gasteiger partial charge is 0.460 e. The Morgan fingerprint density at radius 3 is 2.68 bits per heavy atom. The molecule has 0 aliphatic carbocycles. The first kappa shape index (κ1) is 18.5. The maximum Gasteiger partial charge on any atom is 0.255 e. The molecule has 1 aromatic carbocycles. The molecule has 0 spiro atoms. The Hall–Kier alpha value is -2.87. The van der Waals surface area contributed by atoms with E-state index in [-0.39, 0.29) is 23.3 Å². The van der Waals surface area contributed by atoms with Gasteiger partial charge in [0, 0.05) is 12.7 Å². The SMILES string of the molecule is Cc1ccc(-c2nn(-c3ccccc3)cc2C(=O)NCC2CCS(=O)(=O)C2)o1. The molecule has 7 nitrogen and oxygen atoms in total. The highest BCUT2D eigenvalue weighted by Gasteiger charge is 2.29. The summed E-state index contributed by atoms with van der Waals surface area (Å²) >= 11 is 0. The van der Waals surface area contributed by atoms with E-state index in [1.165, 1.54) is 0 Å². The molecular weight excluding hydrogens is 378 g/mol. The van der Waals surface area contributed by atoms with E-state index in [2.05, 4.69) is 10.4 Å². The van der Waals surface area contributed by atoms with Crippen molar-refractivity contribution < 1.29 is 17.6 Å². The number of hydrogen-bond acceptors (Lipinski definition) is 5. The first-order chi connectivity index (χ1) is 13.4. The molecule has 1 aliphatic heterocycles. The van der Waals surface area contributed by atoms with E-state index in [9.17, 15) is 13.2 Å². The molecular formula is C20H21N3O4S. The fraction of sp³-hybridized carbons (Fsp3) is 0.300. The second-order valence-electron chi connectivity index (χ2n) is 7.06. The Kier molecular flexibility index (Phi) is 4.80. The van der Waals surface area contributed by atoms with Gasteiger partial charge in [-0.3, -0.25) is 4.79 Å². The first-order valence-electron chi connectivity index (χ1n) is 9.12. The molecule has 1 aliphatic rings. The van der Waals surface area contributed by atoms with Crippen molar-refractivity contribution >= 4 is 15.7 Å². The van der Waals surface area contributed by atoms with Gasteiger partial charge in [0.05, 0.1) is 22.8 Å². The van der Waals surface area contributed by atoms with Crippen molar-refractivity contribution in [1.29, 1.82) is 0 Å². The van der Waals surface area contributed by atoms with Crippen LogP contribution in [0, 0.1) is 12.8 Å². The van der Waals surface area contributed by atoms with E-state index >= 15 is 0 Å². The second kappa shape index (κ2) is 7.27. The standard InChI is InChI=1S/C20H21N3O4S/c1-14-7-8-18(27-14)19-17(12-23(22-19)16-5-3-2-4-6-16)20(24)21-11-15-9-10-28(25,26)13-15/h2-8,12,15H,9-11,13H2,1H3,(H,21,24). The third-order valence-electron chi connectivity index (χ3n) is 4.83. The lowest BCUT2D eigenvalue weighted by atomic mass is 10.1. The zero-order chi connectivity index (χ0) is 19.7. The summed E-state index contributed by atoms with van der Waals surface area (Å²) in [4.78, 5) is 12.9. The van der Waals surface area contributed by atoms with Crippen LogP contribution in [0.15, 0.2) is 53.1 Å². The fourth-order valence-corrected chi connectivity index (χ4v) is 5.22. The van der Waals surface area contributed by atoms with Gasteiger partial charge in [-0.25, -0.2) is 13.1 Å². The molecule has 0 saturated carbocycles. The Morgan fingerprint density at radius 1 is 1.25 bits per heavy atom. The van der Waals surface area contributed by atoms with Crippen LogP contribution in [-0.2, 0) is 9.84 Å². The molecule has 1 atom stereocenters. The molecule has 1 unspecified atom stereocenters. The van der Waals surface area contributed by atoms with Crippen molar-refractivity contribution in [2.24, 2.45) is 5.92 Å². The fourth-order valence-electron chi connectivity index (χ4n) is 3.36. The van der Waals surface area contributed by atoms with Gasteiger partial charge in [0.1, 0.15) is 11.5 Å². The minimum atomic E-state index is -2.97. The third kappa shape index (κ3) is 3.87. The highest BCUT2D eigenvalue weighted by Crippen LogP contribution is 2.26. The van der Waals surface area contributed by atoms with Gasteiger partial charge in [-0.05, 0) is 43.5 Å². The van der Waals surface area contributed by atoms with Gasteiger partial charge in [0.25, 0.3) is 5.91 Å². The Balaban J connectivity index is 1.61. The molecule has 0 bridgehead atoms. The summed E-state index contributed by atoms with van der Waals surface area (Å²) in [5.41, 5.74) is 1.67. The number of carbonyl (C=O) groups excluding carboxylic acids is 1. The van der Waals surface area contributed by atoms with Crippen LogP contribution in [0.5, 0.6) is 0 Å². The Labute approximate surface area is 163 Å². The number of furan rings is 1. The van der Waals surface area contributed by atoms with E-state index < -0.39 is 9.84 Å². The number of hydrogen-bond donors (Lipinski definition) is 1. The number of aromatic nitrogens is 2. The summed E-state index contributed by atoms with van der Waals surface area (Å²) < 4.78 is 30.6. The summed E-state index contributed by atoms with van der Waals surface area (Å²) in [6.07, 6.45) is 2.25. The lowest BCUT2D eigenvalue weighted by Crippen LogP contribution is -2.30. The molecule has 1 N–H and O–H groups in total. The molecule has 4 rings (SSSR count). The number of nitrogens with one attached hydrogen (secondary N) is 1. The minimum absolute atomic E-state index is 0.0487. The summed E-state index contributed by atoms with van der Waals surface area (Å²) in [6, 6.07) is 13.1. The summed E-state index contributed by atoms with van der Waals surface area (Å²) in [7, 11) is -2.97. The minimum Gasteiger partial charge on any atom is -0.460 e. The number of benzene rings is 1. The van der Waals surface area contributed by atoms with Crippen molar-refractivity contribution in [3.8, 4) is 17.1 Å². The second-order valence-corrected chi connectivity index (χ2v) is 9.29. The Bertz CT molecular complexity index is 1100. The van der Waals surface area contributed by atoms with Crippen LogP contribution in [0.3, 0.4) is 0 Å².